The first-order chi connectivity index (χ1) is 8.79. The van der Waals surface area contributed by atoms with Crippen molar-refractivity contribution < 1.29 is 4.74 Å². The Hall–Kier alpha value is -1.42. The van der Waals surface area contributed by atoms with Gasteiger partial charge in [0.15, 0.2) is 5.82 Å². The number of hydrogen-bond donors (Lipinski definition) is 0. The summed E-state index contributed by atoms with van der Waals surface area (Å²) in [5, 5.41) is 8.44. The van der Waals surface area contributed by atoms with Crippen molar-refractivity contribution in [1.82, 2.24) is 10.2 Å². The first-order valence-electron chi connectivity index (χ1n) is 6.59. The lowest BCUT2D eigenvalue weighted by atomic mass is 10.1. The van der Waals surface area contributed by atoms with Crippen LogP contribution in [0.15, 0.2) is 24.8 Å². The maximum absolute atomic E-state index is 5.91. The number of piperidine rings is 1. The van der Waals surface area contributed by atoms with Crippen LogP contribution in [0.5, 0.6) is 0 Å². The third-order valence-electron chi connectivity index (χ3n) is 3.99. The van der Waals surface area contributed by atoms with Crippen molar-refractivity contribution in [3.05, 3.63) is 30.5 Å². The van der Waals surface area contributed by atoms with E-state index in [2.05, 4.69) is 27.7 Å². The highest BCUT2D eigenvalue weighted by Crippen LogP contribution is 2.41. The molecule has 2 fully saturated rings. The van der Waals surface area contributed by atoms with E-state index in [9.17, 15) is 0 Å². The van der Waals surface area contributed by atoms with Gasteiger partial charge in [0.1, 0.15) is 0 Å². The molecule has 1 saturated carbocycles. The van der Waals surface area contributed by atoms with E-state index in [1.807, 2.05) is 19.1 Å². The second kappa shape index (κ2) is 4.69. The number of hydrogen-bond acceptors (Lipinski definition) is 4. The highest BCUT2D eigenvalue weighted by atomic mass is 16.5. The summed E-state index contributed by atoms with van der Waals surface area (Å²) in [6.07, 6.45) is 4.63. The monoisotopic (exact) mass is 245 g/mol. The van der Waals surface area contributed by atoms with Gasteiger partial charge in [0.05, 0.1) is 24.4 Å². The fourth-order valence-electron chi connectivity index (χ4n) is 3.18. The van der Waals surface area contributed by atoms with Crippen LogP contribution in [0.1, 0.15) is 18.5 Å². The van der Waals surface area contributed by atoms with Gasteiger partial charge in [0.2, 0.25) is 0 Å². The van der Waals surface area contributed by atoms with Crippen molar-refractivity contribution >= 4 is 5.82 Å². The van der Waals surface area contributed by atoms with Crippen LogP contribution in [-0.2, 0) is 4.74 Å². The fourth-order valence-corrected chi connectivity index (χ4v) is 3.18. The summed E-state index contributed by atoms with van der Waals surface area (Å²) in [4.78, 5) is 2.36. The van der Waals surface area contributed by atoms with Gasteiger partial charge in [0.25, 0.3) is 0 Å². The topological polar surface area (TPSA) is 38.2 Å². The lowest BCUT2D eigenvalue weighted by Crippen LogP contribution is -2.36. The maximum atomic E-state index is 5.91. The van der Waals surface area contributed by atoms with E-state index >= 15 is 0 Å². The van der Waals surface area contributed by atoms with Crippen LogP contribution in [0.3, 0.4) is 0 Å². The van der Waals surface area contributed by atoms with Gasteiger partial charge in [-0.05, 0) is 31.9 Å². The molecule has 18 heavy (non-hydrogen) atoms. The van der Waals surface area contributed by atoms with E-state index in [1.165, 1.54) is 12.8 Å². The Morgan fingerprint density at radius 3 is 3.06 bits per heavy atom. The van der Waals surface area contributed by atoms with Gasteiger partial charge >= 0.3 is 0 Å². The Kier molecular flexibility index (Phi) is 3.04. The molecule has 2 aliphatic rings. The third kappa shape index (κ3) is 1.90. The van der Waals surface area contributed by atoms with Gasteiger partial charge in [-0.1, -0.05) is 6.08 Å². The van der Waals surface area contributed by atoms with Crippen molar-refractivity contribution in [1.29, 1.82) is 0 Å². The summed E-state index contributed by atoms with van der Waals surface area (Å²) in [6.45, 7) is 7.37. The van der Waals surface area contributed by atoms with Crippen LogP contribution in [-0.4, -0.2) is 35.5 Å². The molecular formula is C14H19N3O. The smallest absolute Gasteiger partial charge is 0.151 e. The van der Waals surface area contributed by atoms with Gasteiger partial charge < -0.3 is 9.64 Å². The lowest BCUT2D eigenvalue weighted by Gasteiger charge is -2.27. The number of ether oxygens (including phenoxy) is 1. The molecule has 1 aliphatic carbocycles. The SMILES string of the molecule is C=CCO[C@H]1[C@H]2CC[C@H]1N(c1ccc(C)nn1)C2. The average Bonchev–Trinajstić information content (AvgIpc) is 2.94. The molecule has 2 heterocycles. The highest BCUT2D eigenvalue weighted by Gasteiger charge is 2.48. The molecule has 0 radical (unpaired) electrons. The average molecular weight is 245 g/mol. The predicted octanol–water partition coefficient (Wildman–Crippen LogP) is 1.95. The summed E-state index contributed by atoms with van der Waals surface area (Å²) < 4.78 is 5.91. The van der Waals surface area contributed by atoms with Crippen molar-refractivity contribution in [2.24, 2.45) is 5.92 Å². The normalized spacial score (nSPS) is 29.8. The van der Waals surface area contributed by atoms with Crippen molar-refractivity contribution in [3.63, 3.8) is 0 Å². The Labute approximate surface area is 108 Å². The Morgan fingerprint density at radius 2 is 2.33 bits per heavy atom. The van der Waals surface area contributed by atoms with Gasteiger partial charge in [-0.25, -0.2) is 0 Å². The number of aromatic nitrogens is 2. The zero-order valence-corrected chi connectivity index (χ0v) is 10.7. The van der Waals surface area contributed by atoms with Gasteiger partial charge in [0, 0.05) is 12.5 Å². The van der Waals surface area contributed by atoms with E-state index in [0.717, 1.165) is 18.1 Å². The Morgan fingerprint density at radius 1 is 1.44 bits per heavy atom. The lowest BCUT2D eigenvalue weighted by molar-refractivity contribution is 0.0589. The van der Waals surface area contributed by atoms with E-state index in [4.69, 9.17) is 4.74 Å². The van der Waals surface area contributed by atoms with Crippen molar-refractivity contribution in [3.8, 4) is 0 Å². The zero-order valence-electron chi connectivity index (χ0n) is 10.7. The van der Waals surface area contributed by atoms with E-state index in [0.29, 0.717) is 24.7 Å². The van der Waals surface area contributed by atoms with Crippen LogP contribution in [0, 0.1) is 12.8 Å². The van der Waals surface area contributed by atoms with Crippen LogP contribution >= 0.6 is 0 Å². The molecule has 3 atom stereocenters. The molecule has 1 saturated heterocycles. The third-order valence-corrected chi connectivity index (χ3v) is 3.99. The molecule has 96 valence electrons. The molecule has 2 bridgehead atoms. The van der Waals surface area contributed by atoms with E-state index in [-0.39, 0.29) is 0 Å². The highest BCUT2D eigenvalue weighted by molar-refractivity contribution is 5.42. The summed E-state index contributed by atoms with van der Waals surface area (Å²) in [5.74, 6) is 1.62. The molecule has 1 aromatic heterocycles. The summed E-state index contributed by atoms with van der Waals surface area (Å²) >= 11 is 0. The van der Waals surface area contributed by atoms with Gasteiger partial charge in [-0.3, -0.25) is 0 Å². The molecule has 4 heteroatoms. The number of fused-ring (bicyclic) bond motifs is 2. The molecule has 0 unspecified atom stereocenters. The zero-order chi connectivity index (χ0) is 12.5. The predicted molar refractivity (Wildman–Crippen MR) is 70.6 cm³/mol. The van der Waals surface area contributed by atoms with Crippen molar-refractivity contribution in [2.45, 2.75) is 31.9 Å². The standard InChI is InChI=1S/C14H19N3O/c1-3-8-18-14-11-5-6-12(14)17(9-11)13-7-4-10(2)15-16-13/h3-4,7,11-12,14H,1,5-6,8-9H2,2H3/t11-,12+,14-/m0/s1. The number of nitrogens with zero attached hydrogens (tertiary/aromatic N) is 3. The number of rotatable bonds is 4. The summed E-state index contributed by atoms with van der Waals surface area (Å²) in [6, 6.07) is 4.55. The minimum atomic E-state index is 0.339. The molecule has 0 aromatic carbocycles. The van der Waals surface area contributed by atoms with Crippen LogP contribution in [0.2, 0.25) is 0 Å². The fraction of sp³-hybridized carbons (Fsp3) is 0.571. The molecule has 0 amide bonds. The molecule has 1 aromatic rings. The van der Waals surface area contributed by atoms with E-state index < -0.39 is 0 Å². The quantitative estimate of drug-likeness (QED) is 0.760. The molecule has 0 N–H and O–H groups in total. The second-order valence-electron chi connectivity index (χ2n) is 5.18. The van der Waals surface area contributed by atoms with Crippen LogP contribution in [0.25, 0.3) is 0 Å². The van der Waals surface area contributed by atoms with Crippen molar-refractivity contribution in [2.75, 3.05) is 18.1 Å². The number of aryl methyl sites for hydroxylation is 1. The Bertz CT molecular complexity index is 431. The molecule has 1 aliphatic heterocycles. The maximum Gasteiger partial charge on any atom is 0.151 e. The number of anilines is 1. The van der Waals surface area contributed by atoms with Gasteiger partial charge in [-0.2, -0.15) is 5.10 Å². The summed E-state index contributed by atoms with van der Waals surface area (Å²) in [5.41, 5.74) is 0.961. The van der Waals surface area contributed by atoms with E-state index in [1.54, 1.807) is 0 Å². The van der Waals surface area contributed by atoms with Crippen LogP contribution in [0.4, 0.5) is 5.82 Å². The first kappa shape index (κ1) is 11.7. The minimum Gasteiger partial charge on any atom is -0.372 e. The molecule has 3 rings (SSSR count). The Balaban J connectivity index is 1.76. The molecular weight excluding hydrogens is 226 g/mol. The van der Waals surface area contributed by atoms with Crippen LogP contribution < -0.4 is 4.90 Å². The molecule has 4 nitrogen and oxygen atoms in total. The molecule has 0 spiro atoms. The van der Waals surface area contributed by atoms with Gasteiger partial charge in [-0.15, -0.1) is 11.7 Å². The second-order valence-corrected chi connectivity index (χ2v) is 5.18. The minimum absolute atomic E-state index is 0.339. The first-order valence-corrected chi connectivity index (χ1v) is 6.59. The largest absolute Gasteiger partial charge is 0.372 e. The summed E-state index contributed by atoms with van der Waals surface area (Å²) in [7, 11) is 0.